The van der Waals surface area contributed by atoms with E-state index in [1.165, 1.54) is 72.3 Å². The molecule has 0 saturated heterocycles. The van der Waals surface area contributed by atoms with Crippen LogP contribution in [0, 0.1) is 0 Å². The van der Waals surface area contributed by atoms with E-state index in [1.54, 1.807) is 0 Å². The maximum atomic E-state index is 5.17. The van der Waals surface area contributed by atoms with E-state index in [9.17, 15) is 0 Å². The summed E-state index contributed by atoms with van der Waals surface area (Å²) in [5.74, 6) is 0.824. The van der Waals surface area contributed by atoms with Gasteiger partial charge in [0.15, 0.2) is 0 Å². The van der Waals surface area contributed by atoms with E-state index in [0.717, 1.165) is 28.1 Å². The van der Waals surface area contributed by atoms with Gasteiger partial charge in [-0.3, -0.25) is 0 Å². The lowest BCUT2D eigenvalue weighted by molar-refractivity contribution is 0.545. The van der Waals surface area contributed by atoms with Crippen molar-refractivity contribution in [2.24, 2.45) is 0 Å². The monoisotopic (exact) mass is 873 g/mol. The van der Waals surface area contributed by atoms with Crippen molar-refractivity contribution in [2.45, 2.75) is 157 Å². The van der Waals surface area contributed by atoms with Crippen LogP contribution in [0.3, 0.4) is 0 Å². The molecule has 0 fully saturated rings. The number of aromatic nitrogens is 2. The molecule has 0 radical (unpaired) electrons. The summed E-state index contributed by atoms with van der Waals surface area (Å²) in [4.78, 5) is 10.3. The molecular weight excluding hydrogens is 797 g/mol. The number of hydrogen-bond donors (Lipinski definition) is 0. The van der Waals surface area contributed by atoms with Crippen molar-refractivity contribution >= 4 is 0 Å². The molecule has 342 valence electrons. The minimum Gasteiger partial charge on any atom is -0.240 e. The number of benzene rings is 6. The van der Waals surface area contributed by atoms with Gasteiger partial charge in [0.25, 0.3) is 0 Å². The van der Waals surface area contributed by atoms with Gasteiger partial charge in [-0.15, -0.1) is 0 Å². The van der Waals surface area contributed by atoms with Crippen LogP contribution in [0.15, 0.2) is 134 Å². The average molecular weight is 873 g/mol. The van der Waals surface area contributed by atoms with E-state index < -0.39 is 0 Å². The molecule has 7 aromatic rings. The van der Waals surface area contributed by atoms with E-state index in [2.05, 4.69) is 258 Å². The molecule has 7 rings (SSSR count). The summed E-state index contributed by atoms with van der Waals surface area (Å²) in [6.07, 6.45) is 4.17. The van der Waals surface area contributed by atoms with Crippen LogP contribution in [-0.2, 0) is 32.5 Å². The zero-order valence-electron chi connectivity index (χ0n) is 43.6. The second kappa shape index (κ2) is 17.2. The fourth-order valence-electron chi connectivity index (χ4n) is 9.01. The van der Waals surface area contributed by atoms with Crippen LogP contribution in [0.1, 0.15) is 158 Å². The van der Waals surface area contributed by atoms with Gasteiger partial charge in [0, 0.05) is 28.9 Å². The fourth-order valence-corrected chi connectivity index (χ4v) is 9.01. The molecule has 0 saturated carbocycles. The molecular formula is C64H76N2. The van der Waals surface area contributed by atoms with Gasteiger partial charge in [-0.05, 0) is 111 Å². The van der Waals surface area contributed by atoms with E-state index in [1.807, 2.05) is 0 Å². The molecule has 0 aliphatic rings. The van der Waals surface area contributed by atoms with Gasteiger partial charge in [-0.1, -0.05) is 246 Å². The molecule has 0 unspecified atom stereocenters. The van der Waals surface area contributed by atoms with Crippen LogP contribution in [0.5, 0.6) is 0 Å². The lowest BCUT2D eigenvalue weighted by Crippen LogP contribution is -2.15. The maximum Gasteiger partial charge on any atom is 0.133 e. The summed E-state index contributed by atoms with van der Waals surface area (Å²) in [5.41, 5.74) is 20.2. The summed E-state index contributed by atoms with van der Waals surface area (Å²) in [6.45, 7) is 41.0. The molecule has 1 heterocycles. The zero-order chi connectivity index (χ0) is 48.4. The standard InChI is InChI=1S/C64H76N2/c1-59(2,3)47-29-19-41(20-30-47)52-53(42-21-31-48(32-22-42)60(4,5)6)55(44-25-35-50(36-26-44)62(10,11)12)57(46-39-65-58(66-40-46)64(16,17)18)56(45-27-37-51(38-28-45)63(13,14)15)54(52)43-23-33-49(34-24-43)61(7,8)9/h19-40H,1-18H3. The number of nitrogens with zero attached hydrogens (tertiary/aromatic N) is 2. The van der Waals surface area contributed by atoms with Gasteiger partial charge in [-0.2, -0.15) is 0 Å². The highest BCUT2D eigenvalue weighted by Crippen LogP contribution is 2.56. The minimum atomic E-state index is -0.210. The van der Waals surface area contributed by atoms with Gasteiger partial charge in [0.1, 0.15) is 5.82 Å². The Kier molecular flexibility index (Phi) is 12.6. The molecule has 0 aliphatic carbocycles. The number of hydrogen-bond acceptors (Lipinski definition) is 2. The van der Waals surface area contributed by atoms with Crippen molar-refractivity contribution in [3.63, 3.8) is 0 Å². The summed E-state index contributed by atoms with van der Waals surface area (Å²) in [5, 5.41) is 0. The highest BCUT2D eigenvalue weighted by Gasteiger charge is 2.31. The predicted octanol–water partition coefficient (Wildman–Crippen LogP) is 18.3. The van der Waals surface area contributed by atoms with Crippen molar-refractivity contribution in [2.75, 3.05) is 0 Å². The summed E-state index contributed by atoms with van der Waals surface area (Å²) in [6, 6.07) is 47.0. The third-order valence-corrected chi connectivity index (χ3v) is 13.3. The van der Waals surface area contributed by atoms with Crippen molar-refractivity contribution in [1.29, 1.82) is 0 Å². The van der Waals surface area contributed by atoms with Gasteiger partial charge in [-0.25, -0.2) is 9.97 Å². The van der Waals surface area contributed by atoms with E-state index in [4.69, 9.17) is 9.97 Å². The first-order valence-corrected chi connectivity index (χ1v) is 24.1. The molecule has 0 spiro atoms. The molecule has 66 heavy (non-hydrogen) atoms. The Balaban J connectivity index is 1.80. The smallest absolute Gasteiger partial charge is 0.133 e. The van der Waals surface area contributed by atoms with Gasteiger partial charge >= 0.3 is 0 Å². The highest BCUT2D eigenvalue weighted by atomic mass is 14.9. The first-order valence-electron chi connectivity index (χ1n) is 24.1. The summed E-state index contributed by atoms with van der Waals surface area (Å²) in [7, 11) is 0. The van der Waals surface area contributed by atoms with Crippen molar-refractivity contribution in [1.82, 2.24) is 9.97 Å². The third-order valence-electron chi connectivity index (χ3n) is 13.3. The van der Waals surface area contributed by atoms with Crippen molar-refractivity contribution in [3.05, 3.63) is 167 Å². The molecule has 2 heteroatoms. The SMILES string of the molecule is CC(C)(C)c1ccc(-c2c(-c3ccc(C(C)(C)C)cc3)c(-c3ccc(C(C)(C)C)cc3)c(-c3cnc(C(C)(C)C)nc3)c(-c3ccc(C(C)(C)C)cc3)c2-c2ccc(C(C)(C)C)cc2)cc1. The van der Waals surface area contributed by atoms with Crippen LogP contribution in [0.25, 0.3) is 66.8 Å². The first kappa shape index (κ1) is 48.3. The lowest BCUT2D eigenvalue weighted by atomic mass is 9.73. The van der Waals surface area contributed by atoms with Crippen LogP contribution >= 0.6 is 0 Å². The van der Waals surface area contributed by atoms with Crippen LogP contribution in [0.2, 0.25) is 0 Å². The Hall–Kier alpha value is -5.60. The van der Waals surface area contributed by atoms with Gasteiger partial charge < -0.3 is 0 Å². The van der Waals surface area contributed by atoms with E-state index >= 15 is 0 Å². The highest BCUT2D eigenvalue weighted by molar-refractivity contribution is 6.15. The van der Waals surface area contributed by atoms with E-state index in [-0.39, 0.29) is 32.5 Å². The Bertz CT molecular complexity index is 2260. The Morgan fingerprint density at radius 2 is 0.379 bits per heavy atom. The first-order chi connectivity index (χ1) is 30.5. The molecule has 0 atom stereocenters. The Morgan fingerprint density at radius 3 is 0.530 bits per heavy atom. The minimum absolute atomic E-state index is 0.00123. The average Bonchev–Trinajstić information content (AvgIpc) is 3.24. The third kappa shape index (κ3) is 10.0. The topological polar surface area (TPSA) is 25.8 Å². The Labute approximate surface area is 399 Å². The van der Waals surface area contributed by atoms with Crippen LogP contribution in [-0.4, -0.2) is 9.97 Å². The predicted molar refractivity (Wildman–Crippen MR) is 287 cm³/mol. The second-order valence-corrected chi connectivity index (χ2v) is 24.9. The maximum absolute atomic E-state index is 5.17. The molecule has 2 nitrogen and oxygen atoms in total. The second-order valence-electron chi connectivity index (χ2n) is 24.9. The van der Waals surface area contributed by atoms with Crippen molar-refractivity contribution < 1.29 is 0 Å². The Morgan fingerprint density at radius 1 is 0.212 bits per heavy atom. The summed E-state index contributed by atoms with van der Waals surface area (Å²) >= 11 is 0. The van der Waals surface area contributed by atoms with Crippen LogP contribution in [0.4, 0.5) is 0 Å². The molecule has 0 N–H and O–H groups in total. The van der Waals surface area contributed by atoms with Crippen LogP contribution < -0.4 is 0 Å². The molecule has 0 aliphatic heterocycles. The normalized spacial score (nSPS) is 13.0. The van der Waals surface area contributed by atoms with Gasteiger partial charge in [0.2, 0.25) is 0 Å². The van der Waals surface area contributed by atoms with Gasteiger partial charge in [0.05, 0.1) is 0 Å². The van der Waals surface area contributed by atoms with Crippen molar-refractivity contribution in [3.8, 4) is 66.8 Å². The molecule has 0 bridgehead atoms. The number of rotatable bonds is 6. The quantitative estimate of drug-likeness (QED) is 0.166. The summed E-state index contributed by atoms with van der Waals surface area (Å²) < 4.78 is 0. The molecule has 6 aromatic carbocycles. The fraction of sp³-hybridized carbons (Fsp3) is 0.375. The molecule has 1 aromatic heterocycles. The van der Waals surface area contributed by atoms with E-state index in [0.29, 0.717) is 0 Å². The zero-order valence-corrected chi connectivity index (χ0v) is 43.6. The molecule has 0 amide bonds. The largest absolute Gasteiger partial charge is 0.240 e. The lowest BCUT2D eigenvalue weighted by Gasteiger charge is -2.30.